The molecule has 6 heteroatoms. The van der Waals surface area contributed by atoms with Gasteiger partial charge in [0.15, 0.2) is 6.23 Å². The molecule has 0 spiro atoms. The maximum absolute atomic E-state index is 11.9. The van der Waals surface area contributed by atoms with Crippen LogP contribution < -0.4 is 10.0 Å². The number of hydrogen-bond acceptors (Lipinski definition) is 6. The number of allylic oxidation sites excluding steroid dienone is 1. The van der Waals surface area contributed by atoms with Crippen LogP contribution in [0.1, 0.15) is 46.6 Å². The minimum Gasteiger partial charge on any atom is -0.469 e. The van der Waals surface area contributed by atoms with Gasteiger partial charge in [-0.15, -0.1) is 0 Å². The van der Waals surface area contributed by atoms with Gasteiger partial charge in [0.05, 0.1) is 18.4 Å². The molecule has 0 saturated heterocycles. The lowest BCUT2D eigenvalue weighted by atomic mass is 10.0. The lowest BCUT2D eigenvalue weighted by Crippen LogP contribution is -2.18. The molecule has 2 aromatic rings. The second-order valence-corrected chi connectivity index (χ2v) is 7.70. The number of ether oxygens (including phenoxy) is 2. The predicted octanol–water partition coefficient (Wildman–Crippen LogP) is 4.63. The third-order valence-corrected chi connectivity index (χ3v) is 5.66. The van der Waals surface area contributed by atoms with Crippen LogP contribution in [0, 0.1) is 13.8 Å². The number of carbonyl (C=O) groups is 1. The summed E-state index contributed by atoms with van der Waals surface area (Å²) in [4.78, 5) is 12.9. The Kier molecular flexibility index (Phi) is 6.65. The zero-order valence-electron chi connectivity index (χ0n) is 16.7. The Balaban J connectivity index is 1.53. The summed E-state index contributed by atoms with van der Waals surface area (Å²) in [6.07, 6.45) is 0.711. The third kappa shape index (κ3) is 4.69. The molecule has 1 atom stereocenters. The van der Waals surface area contributed by atoms with Crippen molar-refractivity contribution in [2.75, 3.05) is 13.7 Å². The van der Waals surface area contributed by atoms with Crippen LogP contribution in [-0.4, -0.2) is 19.6 Å². The Morgan fingerprint density at radius 1 is 1.21 bits per heavy atom. The Bertz CT molecular complexity index is 881. The van der Waals surface area contributed by atoms with E-state index in [1.807, 2.05) is 45.0 Å². The first kappa shape index (κ1) is 20.3. The third-order valence-electron chi connectivity index (χ3n) is 4.84. The van der Waals surface area contributed by atoms with Crippen molar-refractivity contribution in [1.29, 1.82) is 0 Å². The Labute approximate surface area is 170 Å². The molecule has 0 saturated carbocycles. The number of methoxy groups -OCH3 is 1. The molecule has 0 aromatic heterocycles. The van der Waals surface area contributed by atoms with Crippen molar-refractivity contribution in [3.05, 3.63) is 76.2 Å². The number of esters is 1. The molecule has 1 aliphatic heterocycles. The Morgan fingerprint density at radius 3 is 2.68 bits per heavy atom. The molecule has 1 unspecified atom stereocenters. The highest BCUT2D eigenvalue weighted by atomic mass is 32.2. The molecular weight excluding hydrogens is 372 g/mol. The molecule has 2 N–H and O–H groups in total. The highest BCUT2D eigenvalue weighted by Gasteiger charge is 2.22. The summed E-state index contributed by atoms with van der Waals surface area (Å²) in [5.41, 5.74) is 4.86. The number of carbonyl (C=O) groups excluding carboxylic acids is 1. The molecule has 0 aliphatic carbocycles. The first-order valence-electron chi connectivity index (χ1n) is 9.26. The summed E-state index contributed by atoms with van der Waals surface area (Å²) in [5, 5.41) is 3.45. The Hall–Kier alpha value is -2.44. The van der Waals surface area contributed by atoms with Crippen molar-refractivity contribution in [3.8, 4) is 0 Å². The van der Waals surface area contributed by atoms with Gasteiger partial charge in [-0.2, -0.15) is 0 Å². The summed E-state index contributed by atoms with van der Waals surface area (Å²) in [5.74, 6) is 0.628. The van der Waals surface area contributed by atoms with E-state index in [9.17, 15) is 4.79 Å². The number of hydrogen-bond donors (Lipinski definition) is 2. The van der Waals surface area contributed by atoms with Crippen molar-refractivity contribution < 1.29 is 14.3 Å². The molecule has 2 aromatic carbocycles. The van der Waals surface area contributed by atoms with Gasteiger partial charge >= 0.3 is 5.97 Å². The highest BCUT2D eigenvalue weighted by molar-refractivity contribution is 7.97. The number of aryl methyl sites for hydroxylation is 1. The summed E-state index contributed by atoms with van der Waals surface area (Å²) in [7, 11) is 1.41. The molecule has 148 valence electrons. The lowest BCUT2D eigenvalue weighted by molar-refractivity contribution is 0.0599. The van der Waals surface area contributed by atoms with Crippen molar-refractivity contribution in [2.24, 2.45) is 0 Å². The van der Waals surface area contributed by atoms with Crippen LogP contribution in [0.15, 0.2) is 58.8 Å². The fraction of sp³-hybridized carbons (Fsp3) is 0.318. The van der Waals surface area contributed by atoms with E-state index < -0.39 is 0 Å². The second kappa shape index (κ2) is 9.17. The van der Waals surface area contributed by atoms with Gasteiger partial charge in [-0.25, -0.2) is 4.79 Å². The van der Waals surface area contributed by atoms with Crippen molar-refractivity contribution in [2.45, 2.75) is 38.3 Å². The molecule has 0 amide bonds. The minimum atomic E-state index is -0.303. The normalized spacial score (nSPS) is 15.9. The van der Waals surface area contributed by atoms with Gasteiger partial charge in [0.2, 0.25) is 0 Å². The zero-order valence-corrected chi connectivity index (χ0v) is 17.5. The lowest BCUT2D eigenvalue weighted by Gasteiger charge is -2.13. The number of rotatable bonds is 7. The topological polar surface area (TPSA) is 59.6 Å². The molecular formula is C22H26N2O3S. The zero-order chi connectivity index (χ0) is 20.1. The monoisotopic (exact) mass is 398 g/mol. The smallest absolute Gasteiger partial charge is 0.338 e. The minimum absolute atomic E-state index is 0.119. The molecule has 1 heterocycles. The van der Waals surface area contributed by atoms with E-state index in [1.54, 1.807) is 0 Å². The van der Waals surface area contributed by atoms with Crippen LogP contribution in [0.5, 0.6) is 0 Å². The van der Waals surface area contributed by atoms with Crippen LogP contribution in [-0.2, 0) is 9.47 Å². The van der Waals surface area contributed by atoms with Gasteiger partial charge in [0.25, 0.3) is 0 Å². The number of benzene rings is 2. The Morgan fingerprint density at radius 2 is 1.96 bits per heavy atom. The summed E-state index contributed by atoms with van der Waals surface area (Å²) < 4.78 is 14.2. The largest absolute Gasteiger partial charge is 0.469 e. The van der Waals surface area contributed by atoms with E-state index in [0.29, 0.717) is 5.56 Å². The van der Waals surface area contributed by atoms with E-state index in [4.69, 9.17) is 9.47 Å². The van der Waals surface area contributed by atoms with E-state index in [-0.39, 0.29) is 12.2 Å². The van der Waals surface area contributed by atoms with Gasteiger partial charge in [-0.05, 0) is 56.0 Å². The maximum atomic E-state index is 11.9. The average Bonchev–Trinajstić information content (AvgIpc) is 3.08. The predicted molar refractivity (Wildman–Crippen MR) is 112 cm³/mol. The average molecular weight is 399 g/mol. The molecule has 3 rings (SSSR count). The standard InChI is InChI=1S/C22H26N2O3S/c1-14-12-18(13-19(15(14)2)22(25)26-4)28-23-11-10-20-16(3)27-21(24-20)17-8-6-5-7-9-17/h5-9,12-13,21,23-24H,10-11H2,1-4H3. The molecule has 1 aliphatic rings. The van der Waals surface area contributed by atoms with Crippen LogP contribution >= 0.6 is 11.9 Å². The molecule has 0 radical (unpaired) electrons. The van der Waals surface area contributed by atoms with Gasteiger partial charge in [0.1, 0.15) is 5.76 Å². The first-order chi connectivity index (χ1) is 13.5. The van der Waals surface area contributed by atoms with E-state index in [0.717, 1.165) is 46.0 Å². The second-order valence-electron chi connectivity index (χ2n) is 6.74. The molecule has 28 heavy (non-hydrogen) atoms. The summed E-state index contributed by atoms with van der Waals surface area (Å²) in [6.45, 7) is 6.71. The van der Waals surface area contributed by atoms with Gasteiger partial charge in [0, 0.05) is 23.4 Å². The van der Waals surface area contributed by atoms with Crippen LogP contribution in [0.4, 0.5) is 0 Å². The summed E-state index contributed by atoms with van der Waals surface area (Å²) >= 11 is 1.52. The van der Waals surface area contributed by atoms with Crippen LogP contribution in [0.25, 0.3) is 0 Å². The highest BCUT2D eigenvalue weighted by Crippen LogP contribution is 2.28. The van der Waals surface area contributed by atoms with Gasteiger partial charge in [-0.1, -0.05) is 30.3 Å². The number of nitrogens with one attached hydrogen (secondary N) is 2. The van der Waals surface area contributed by atoms with Crippen molar-refractivity contribution in [1.82, 2.24) is 10.0 Å². The van der Waals surface area contributed by atoms with Crippen LogP contribution in [0.3, 0.4) is 0 Å². The van der Waals surface area contributed by atoms with E-state index in [2.05, 4.69) is 28.2 Å². The molecule has 5 nitrogen and oxygen atoms in total. The van der Waals surface area contributed by atoms with Gasteiger partial charge in [-0.3, -0.25) is 4.72 Å². The van der Waals surface area contributed by atoms with Crippen molar-refractivity contribution in [3.63, 3.8) is 0 Å². The van der Waals surface area contributed by atoms with E-state index >= 15 is 0 Å². The van der Waals surface area contributed by atoms with E-state index in [1.165, 1.54) is 19.1 Å². The molecule has 0 bridgehead atoms. The van der Waals surface area contributed by atoms with Crippen LogP contribution in [0.2, 0.25) is 0 Å². The maximum Gasteiger partial charge on any atom is 0.338 e. The fourth-order valence-electron chi connectivity index (χ4n) is 3.08. The molecule has 0 fully saturated rings. The van der Waals surface area contributed by atoms with Gasteiger partial charge < -0.3 is 14.8 Å². The first-order valence-corrected chi connectivity index (χ1v) is 10.1. The van der Waals surface area contributed by atoms with Crippen molar-refractivity contribution >= 4 is 17.9 Å². The fourth-order valence-corrected chi connectivity index (χ4v) is 3.87. The SMILES string of the molecule is COC(=O)c1cc(SNCCC2=C(C)OC(c3ccccc3)N2)cc(C)c1C. The summed E-state index contributed by atoms with van der Waals surface area (Å²) in [6, 6.07) is 14.1. The quantitative estimate of drug-likeness (QED) is 0.403.